The highest BCUT2D eigenvalue weighted by Crippen LogP contribution is 2.43. The molecule has 0 heterocycles. The molecule has 2 unspecified atom stereocenters. The molecule has 0 aliphatic heterocycles. The first-order valence-electron chi connectivity index (χ1n) is 26.6. The number of quaternary nitrogens is 1. The summed E-state index contributed by atoms with van der Waals surface area (Å²) in [6.45, 7) is 4.24. The third-order valence-corrected chi connectivity index (χ3v) is 11.8. The fraction of sp³-hybridized carbons (Fsp3) is 0.655. The Hall–Kier alpha value is -3.33. The van der Waals surface area contributed by atoms with Crippen molar-refractivity contribution < 1.29 is 42.1 Å². The van der Waals surface area contributed by atoms with Crippen molar-refractivity contribution in [2.45, 2.75) is 200 Å². The lowest BCUT2D eigenvalue weighted by Gasteiger charge is -2.24. The maximum absolute atomic E-state index is 12.8. The molecule has 0 saturated carbocycles. The molecule has 0 spiro atoms. The molecule has 0 bridgehead atoms. The molecule has 0 radical (unpaired) electrons. The number of unbranched alkanes of at least 4 members (excludes halogenated alkanes) is 15. The van der Waals surface area contributed by atoms with Crippen molar-refractivity contribution in [1.82, 2.24) is 0 Å². The van der Waals surface area contributed by atoms with Gasteiger partial charge in [-0.25, -0.2) is 4.57 Å². The van der Waals surface area contributed by atoms with Crippen LogP contribution < -0.4 is 0 Å². The maximum atomic E-state index is 12.8. The molecule has 10 heteroatoms. The summed E-state index contributed by atoms with van der Waals surface area (Å²) in [6, 6.07) is 0. The van der Waals surface area contributed by atoms with Gasteiger partial charge in [0, 0.05) is 12.8 Å². The molecule has 0 fully saturated rings. The topological polar surface area (TPSA) is 108 Å². The van der Waals surface area contributed by atoms with Crippen LogP contribution in [0.3, 0.4) is 0 Å². The zero-order chi connectivity index (χ0) is 49.9. The van der Waals surface area contributed by atoms with Crippen LogP contribution in [0, 0.1) is 0 Å². The summed E-state index contributed by atoms with van der Waals surface area (Å²) in [5.74, 6) is -0.850. The van der Waals surface area contributed by atoms with Gasteiger partial charge in [0.2, 0.25) is 0 Å². The van der Waals surface area contributed by atoms with Gasteiger partial charge in [-0.2, -0.15) is 0 Å². The highest BCUT2D eigenvalue weighted by atomic mass is 31.2. The first kappa shape index (κ1) is 64.7. The number of phosphoric ester groups is 1. The minimum Gasteiger partial charge on any atom is -0.462 e. The fourth-order valence-electron chi connectivity index (χ4n) is 6.67. The Morgan fingerprint density at radius 1 is 0.471 bits per heavy atom. The van der Waals surface area contributed by atoms with Crippen molar-refractivity contribution in [3.63, 3.8) is 0 Å². The summed E-state index contributed by atoms with van der Waals surface area (Å²) < 4.78 is 34.4. The van der Waals surface area contributed by atoms with Crippen molar-refractivity contribution >= 4 is 19.8 Å². The lowest BCUT2D eigenvalue weighted by Crippen LogP contribution is -2.37. The summed E-state index contributed by atoms with van der Waals surface area (Å²) >= 11 is 0. The van der Waals surface area contributed by atoms with Crippen LogP contribution in [0.2, 0.25) is 0 Å². The quantitative estimate of drug-likeness (QED) is 0.0211. The molecule has 0 aromatic heterocycles. The molecule has 68 heavy (non-hydrogen) atoms. The number of hydrogen-bond acceptors (Lipinski definition) is 7. The van der Waals surface area contributed by atoms with Crippen LogP contribution in [0.4, 0.5) is 0 Å². The normalized spacial score (nSPS) is 14.3. The zero-order valence-corrected chi connectivity index (χ0v) is 44.7. The van der Waals surface area contributed by atoms with Gasteiger partial charge in [-0.15, -0.1) is 0 Å². The van der Waals surface area contributed by atoms with Gasteiger partial charge in [-0.3, -0.25) is 18.6 Å². The summed E-state index contributed by atoms with van der Waals surface area (Å²) in [6.07, 6.45) is 67.1. The standard InChI is InChI=1S/C58H98NO8P/c1-6-8-10-12-14-16-18-20-22-24-26-28-29-31-33-35-37-39-41-43-45-47-49-51-58(61)67-56(55-66-68(62,63)65-53-52-59(3,4)5)54-64-57(60)50-48-46-44-42-40-38-36-34-32-30-27-25-23-21-19-17-15-13-11-9-7-2/h8,10,14,16,19-22,25-28,31-34,37,39,56H,6-7,9,11-13,15,17-18,23-24,29-30,35-36,38,40-55H2,1-5H3/p+1/b10-8-,16-14-,21-19-,22-20-,27-25-,28-26-,33-31-,34-32-,39-37-. The predicted molar refractivity (Wildman–Crippen MR) is 288 cm³/mol. The Morgan fingerprint density at radius 2 is 0.838 bits per heavy atom. The number of likely N-dealkylation sites (N-methyl/N-ethyl adjacent to an activating group) is 1. The van der Waals surface area contributed by atoms with E-state index in [1.165, 1.54) is 44.9 Å². The van der Waals surface area contributed by atoms with Gasteiger partial charge in [-0.05, 0) is 103 Å². The van der Waals surface area contributed by atoms with Crippen molar-refractivity contribution in [3.8, 4) is 0 Å². The lowest BCUT2D eigenvalue weighted by molar-refractivity contribution is -0.870. The molecule has 0 amide bonds. The van der Waals surface area contributed by atoms with Gasteiger partial charge in [0.15, 0.2) is 6.10 Å². The molecule has 0 aliphatic rings. The Labute approximate surface area is 416 Å². The number of hydrogen-bond donors (Lipinski definition) is 1. The molecular formula is C58H99NO8P+. The van der Waals surface area contributed by atoms with Crippen LogP contribution >= 0.6 is 7.82 Å². The highest BCUT2D eigenvalue weighted by molar-refractivity contribution is 7.47. The Morgan fingerprint density at radius 3 is 1.25 bits per heavy atom. The van der Waals surface area contributed by atoms with Crippen LogP contribution in [0.5, 0.6) is 0 Å². The van der Waals surface area contributed by atoms with E-state index in [1.807, 2.05) is 21.1 Å². The van der Waals surface area contributed by atoms with Crippen molar-refractivity contribution in [3.05, 3.63) is 109 Å². The highest BCUT2D eigenvalue weighted by Gasteiger charge is 2.27. The summed E-state index contributed by atoms with van der Waals surface area (Å²) in [4.78, 5) is 35.6. The second-order valence-electron chi connectivity index (χ2n) is 18.5. The van der Waals surface area contributed by atoms with Crippen LogP contribution in [0.15, 0.2) is 109 Å². The molecule has 0 rings (SSSR count). The third kappa shape index (κ3) is 52.0. The Balaban J connectivity index is 4.36. The second kappa shape index (κ2) is 48.7. The molecule has 2 atom stereocenters. The van der Waals surface area contributed by atoms with E-state index in [0.717, 1.165) is 109 Å². The van der Waals surface area contributed by atoms with Gasteiger partial charge in [0.25, 0.3) is 0 Å². The second-order valence-corrected chi connectivity index (χ2v) is 20.0. The fourth-order valence-corrected chi connectivity index (χ4v) is 7.41. The smallest absolute Gasteiger partial charge is 0.462 e. The molecule has 0 saturated heterocycles. The monoisotopic (exact) mass is 969 g/mol. The lowest BCUT2D eigenvalue weighted by atomic mass is 10.1. The van der Waals surface area contributed by atoms with E-state index in [2.05, 4.69) is 123 Å². The van der Waals surface area contributed by atoms with Gasteiger partial charge in [0.05, 0.1) is 27.7 Å². The number of carbonyl (C=O) groups excluding carboxylic acids is 2. The Kier molecular flexibility index (Phi) is 46.3. The van der Waals surface area contributed by atoms with E-state index in [1.54, 1.807) is 0 Å². The maximum Gasteiger partial charge on any atom is 0.472 e. The van der Waals surface area contributed by atoms with E-state index in [0.29, 0.717) is 23.9 Å². The number of ether oxygens (including phenoxy) is 2. The van der Waals surface area contributed by atoms with Crippen LogP contribution in [-0.4, -0.2) is 74.9 Å². The molecule has 388 valence electrons. The third-order valence-electron chi connectivity index (χ3n) is 10.8. The van der Waals surface area contributed by atoms with Crippen LogP contribution in [0.1, 0.15) is 194 Å². The van der Waals surface area contributed by atoms with Gasteiger partial charge < -0.3 is 18.9 Å². The van der Waals surface area contributed by atoms with Crippen LogP contribution in [0.25, 0.3) is 0 Å². The van der Waals surface area contributed by atoms with Crippen molar-refractivity contribution in [2.24, 2.45) is 0 Å². The SMILES string of the molecule is CC/C=C\C/C=C\C/C=C\C/C=C\C/C=C\C/C=C\CCCCCCC(=O)OC(COC(=O)CCCCCCCC/C=C\C/C=C\C/C=C\CCCCCCC)COP(=O)(O)OCC[N+](C)(C)C. The van der Waals surface area contributed by atoms with E-state index in [4.69, 9.17) is 18.5 Å². The van der Waals surface area contributed by atoms with E-state index in [9.17, 15) is 19.0 Å². The number of rotatable bonds is 47. The van der Waals surface area contributed by atoms with Crippen molar-refractivity contribution in [1.29, 1.82) is 0 Å². The summed E-state index contributed by atoms with van der Waals surface area (Å²) in [7, 11) is 1.43. The average Bonchev–Trinajstić information content (AvgIpc) is 3.30. The largest absolute Gasteiger partial charge is 0.472 e. The number of nitrogens with zero attached hydrogens (tertiary/aromatic N) is 1. The molecule has 0 aliphatic carbocycles. The first-order chi connectivity index (χ1) is 33.0. The molecular weight excluding hydrogens is 870 g/mol. The summed E-state index contributed by atoms with van der Waals surface area (Å²) in [5.41, 5.74) is 0. The van der Waals surface area contributed by atoms with Crippen LogP contribution in [-0.2, 0) is 32.7 Å². The number of carbonyl (C=O) groups is 2. The molecule has 0 aromatic rings. The molecule has 1 N–H and O–H groups in total. The average molecular weight is 969 g/mol. The van der Waals surface area contributed by atoms with Crippen molar-refractivity contribution in [2.75, 3.05) is 47.5 Å². The molecule has 0 aromatic carbocycles. The van der Waals surface area contributed by atoms with E-state index >= 15 is 0 Å². The summed E-state index contributed by atoms with van der Waals surface area (Å²) in [5, 5.41) is 0. The predicted octanol–water partition coefficient (Wildman–Crippen LogP) is 16.2. The number of allylic oxidation sites excluding steroid dienone is 18. The van der Waals surface area contributed by atoms with Gasteiger partial charge in [0.1, 0.15) is 19.8 Å². The number of esters is 2. The Bertz CT molecular complexity index is 1520. The first-order valence-corrected chi connectivity index (χ1v) is 28.1. The minimum absolute atomic E-state index is 0.0174. The van der Waals surface area contributed by atoms with Gasteiger partial charge in [-0.1, -0.05) is 187 Å². The van der Waals surface area contributed by atoms with E-state index < -0.39 is 32.5 Å². The molecule has 9 nitrogen and oxygen atoms in total. The van der Waals surface area contributed by atoms with E-state index in [-0.39, 0.29) is 26.1 Å². The zero-order valence-electron chi connectivity index (χ0n) is 43.8. The minimum atomic E-state index is -4.40. The number of phosphoric acid groups is 1. The van der Waals surface area contributed by atoms with Gasteiger partial charge >= 0.3 is 19.8 Å².